The first-order valence-corrected chi connectivity index (χ1v) is 9.36. The topological polar surface area (TPSA) is 0 Å². The Morgan fingerprint density at radius 2 is 0.950 bits per heavy atom. The van der Waals surface area contributed by atoms with Crippen LogP contribution < -0.4 is 0 Å². The SMILES string of the molecule is [CH2]CCCCCCCC/C=C/CCCCCCCCC. The highest BCUT2D eigenvalue weighted by molar-refractivity contribution is 4.81. The molecule has 0 aliphatic heterocycles. The van der Waals surface area contributed by atoms with Gasteiger partial charge in [-0.05, 0) is 25.7 Å². The molecule has 0 unspecified atom stereocenters. The number of rotatable bonds is 16. The first-order chi connectivity index (χ1) is 9.91. The van der Waals surface area contributed by atoms with Crippen LogP contribution in [0.5, 0.6) is 0 Å². The third-order valence-electron chi connectivity index (χ3n) is 4.01. The van der Waals surface area contributed by atoms with Crippen LogP contribution in [0.3, 0.4) is 0 Å². The molecule has 119 valence electrons. The Bertz CT molecular complexity index is 160. The zero-order valence-corrected chi connectivity index (χ0v) is 14.2. The van der Waals surface area contributed by atoms with E-state index in [4.69, 9.17) is 0 Å². The van der Waals surface area contributed by atoms with E-state index in [0.29, 0.717) is 0 Å². The summed E-state index contributed by atoms with van der Waals surface area (Å²) in [7, 11) is 0. The summed E-state index contributed by atoms with van der Waals surface area (Å²) in [6.45, 7) is 6.17. The van der Waals surface area contributed by atoms with Crippen molar-refractivity contribution in [2.75, 3.05) is 0 Å². The maximum atomic E-state index is 3.88. The van der Waals surface area contributed by atoms with Gasteiger partial charge in [0.2, 0.25) is 0 Å². The Kier molecular flexibility index (Phi) is 18.5. The lowest BCUT2D eigenvalue weighted by Crippen LogP contribution is -1.80. The zero-order chi connectivity index (χ0) is 14.7. The van der Waals surface area contributed by atoms with E-state index in [0.717, 1.165) is 6.42 Å². The summed E-state index contributed by atoms with van der Waals surface area (Å²) in [4.78, 5) is 0. The fourth-order valence-electron chi connectivity index (χ4n) is 2.60. The van der Waals surface area contributed by atoms with E-state index in [9.17, 15) is 0 Å². The summed E-state index contributed by atoms with van der Waals surface area (Å²) in [6.07, 6.45) is 26.8. The van der Waals surface area contributed by atoms with Crippen molar-refractivity contribution in [3.63, 3.8) is 0 Å². The molecule has 0 aromatic rings. The van der Waals surface area contributed by atoms with Crippen molar-refractivity contribution in [1.82, 2.24) is 0 Å². The van der Waals surface area contributed by atoms with Crippen LogP contribution >= 0.6 is 0 Å². The Morgan fingerprint density at radius 3 is 1.40 bits per heavy atom. The molecule has 0 spiro atoms. The second kappa shape index (κ2) is 18.7. The van der Waals surface area contributed by atoms with Gasteiger partial charge in [-0.15, -0.1) is 0 Å². The molecule has 0 atom stereocenters. The number of hydrogen-bond donors (Lipinski definition) is 0. The molecule has 0 aromatic carbocycles. The lowest BCUT2D eigenvalue weighted by Gasteiger charge is -1.99. The standard InChI is InChI=1S/C20H39/c1-3-5-7-9-11-13-15-17-19-20-18-16-14-12-10-8-6-4-2/h19-20H,1,3-18H2,2H3/b20-19+. The first kappa shape index (κ1) is 19.7. The molecule has 0 aromatic heterocycles. The van der Waals surface area contributed by atoms with Crippen LogP contribution in [0, 0.1) is 6.92 Å². The highest BCUT2D eigenvalue weighted by Gasteiger charge is 1.90. The van der Waals surface area contributed by atoms with E-state index < -0.39 is 0 Å². The number of hydrogen-bond acceptors (Lipinski definition) is 0. The summed E-state index contributed by atoms with van der Waals surface area (Å²) in [5, 5.41) is 0. The minimum absolute atomic E-state index is 1.11. The molecular formula is C20H39. The van der Waals surface area contributed by atoms with Gasteiger partial charge in [0.15, 0.2) is 0 Å². The first-order valence-electron chi connectivity index (χ1n) is 9.36. The molecule has 0 rings (SSSR count). The van der Waals surface area contributed by atoms with Crippen LogP contribution in [-0.4, -0.2) is 0 Å². The molecule has 0 saturated carbocycles. The predicted molar refractivity (Wildman–Crippen MR) is 94.0 cm³/mol. The average molecular weight is 280 g/mol. The molecule has 20 heavy (non-hydrogen) atoms. The molecular weight excluding hydrogens is 240 g/mol. The van der Waals surface area contributed by atoms with E-state index >= 15 is 0 Å². The van der Waals surface area contributed by atoms with Crippen molar-refractivity contribution in [3.05, 3.63) is 19.1 Å². The fraction of sp³-hybridized carbons (Fsp3) is 0.850. The lowest BCUT2D eigenvalue weighted by atomic mass is 10.1. The van der Waals surface area contributed by atoms with E-state index in [1.54, 1.807) is 0 Å². The Balaban J connectivity index is 3.01. The third-order valence-corrected chi connectivity index (χ3v) is 4.01. The van der Waals surface area contributed by atoms with Crippen LogP contribution in [-0.2, 0) is 0 Å². The van der Waals surface area contributed by atoms with Gasteiger partial charge in [-0.2, -0.15) is 0 Å². The van der Waals surface area contributed by atoms with E-state index in [1.165, 1.54) is 96.3 Å². The molecule has 0 bridgehead atoms. The maximum absolute atomic E-state index is 3.88. The maximum Gasteiger partial charge on any atom is -0.0351 e. The molecule has 0 heterocycles. The quantitative estimate of drug-likeness (QED) is 0.201. The van der Waals surface area contributed by atoms with Crippen molar-refractivity contribution in [2.24, 2.45) is 0 Å². The van der Waals surface area contributed by atoms with Gasteiger partial charge in [-0.25, -0.2) is 0 Å². The highest BCUT2D eigenvalue weighted by atomic mass is 14.0. The van der Waals surface area contributed by atoms with Crippen LogP contribution in [0.4, 0.5) is 0 Å². The van der Waals surface area contributed by atoms with Gasteiger partial charge in [0, 0.05) is 0 Å². The third kappa shape index (κ3) is 17.7. The average Bonchev–Trinajstić information content (AvgIpc) is 2.47. The molecule has 0 amide bonds. The molecule has 0 heteroatoms. The number of unbranched alkanes of at least 4 members (excludes halogenated alkanes) is 14. The molecule has 0 nitrogen and oxygen atoms in total. The van der Waals surface area contributed by atoms with Gasteiger partial charge in [-0.3, -0.25) is 0 Å². The summed E-state index contributed by atoms with van der Waals surface area (Å²) in [5.41, 5.74) is 0. The summed E-state index contributed by atoms with van der Waals surface area (Å²) >= 11 is 0. The Hall–Kier alpha value is -0.260. The molecule has 0 saturated heterocycles. The summed E-state index contributed by atoms with van der Waals surface area (Å²) in [6, 6.07) is 0. The Morgan fingerprint density at radius 1 is 0.550 bits per heavy atom. The van der Waals surface area contributed by atoms with Crippen molar-refractivity contribution in [2.45, 2.75) is 110 Å². The van der Waals surface area contributed by atoms with Crippen LogP contribution in [0.15, 0.2) is 12.2 Å². The summed E-state index contributed by atoms with van der Waals surface area (Å²) < 4.78 is 0. The van der Waals surface area contributed by atoms with E-state index in [1.807, 2.05) is 0 Å². The van der Waals surface area contributed by atoms with Gasteiger partial charge >= 0.3 is 0 Å². The monoisotopic (exact) mass is 279 g/mol. The van der Waals surface area contributed by atoms with Crippen LogP contribution in [0.25, 0.3) is 0 Å². The molecule has 0 aliphatic carbocycles. The van der Waals surface area contributed by atoms with Gasteiger partial charge in [-0.1, -0.05) is 103 Å². The minimum atomic E-state index is 1.11. The Labute approximate surface area is 129 Å². The fourth-order valence-corrected chi connectivity index (χ4v) is 2.60. The van der Waals surface area contributed by atoms with Crippen molar-refractivity contribution >= 4 is 0 Å². The molecule has 1 radical (unpaired) electrons. The molecule has 0 aliphatic rings. The predicted octanol–water partition coefficient (Wildman–Crippen LogP) is 7.64. The van der Waals surface area contributed by atoms with Crippen LogP contribution in [0.1, 0.15) is 110 Å². The second-order valence-corrected chi connectivity index (χ2v) is 6.14. The van der Waals surface area contributed by atoms with Gasteiger partial charge in [0.25, 0.3) is 0 Å². The van der Waals surface area contributed by atoms with Gasteiger partial charge in [0.05, 0.1) is 0 Å². The summed E-state index contributed by atoms with van der Waals surface area (Å²) in [5.74, 6) is 0. The lowest BCUT2D eigenvalue weighted by molar-refractivity contribution is 0.590. The number of allylic oxidation sites excluding steroid dienone is 2. The van der Waals surface area contributed by atoms with Crippen molar-refractivity contribution < 1.29 is 0 Å². The second-order valence-electron chi connectivity index (χ2n) is 6.14. The minimum Gasteiger partial charge on any atom is -0.0885 e. The van der Waals surface area contributed by atoms with E-state index in [-0.39, 0.29) is 0 Å². The van der Waals surface area contributed by atoms with Gasteiger partial charge < -0.3 is 0 Å². The largest absolute Gasteiger partial charge is 0.0885 e. The van der Waals surface area contributed by atoms with E-state index in [2.05, 4.69) is 26.0 Å². The zero-order valence-electron chi connectivity index (χ0n) is 14.2. The van der Waals surface area contributed by atoms with Crippen LogP contribution in [0.2, 0.25) is 0 Å². The highest BCUT2D eigenvalue weighted by Crippen LogP contribution is 2.10. The molecule has 0 N–H and O–H groups in total. The smallest absolute Gasteiger partial charge is 0.0351 e. The van der Waals surface area contributed by atoms with Gasteiger partial charge in [0.1, 0.15) is 0 Å². The van der Waals surface area contributed by atoms with Crippen molar-refractivity contribution in [3.8, 4) is 0 Å². The normalized spacial score (nSPS) is 11.5. The van der Waals surface area contributed by atoms with Crippen molar-refractivity contribution in [1.29, 1.82) is 0 Å². The molecule has 0 fully saturated rings.